The van der Waals surface area contributed by atoms with Crippen molar-refractivity contribution in [3.63, 3.8) is 0 Å². The highest BCUT2D eigenvalue weighted by Gasteiger charge is 2.16. The summed E-state index contributed by atoms with van der Waals surface area (Å²) in [6.07, 6.45) is 0. The van der Waals surface area contributed by atoms with Gasteiger partial charge in [-0.2, -0.15) is 0 Å². The third-order valence-electron chi connectivity index (χ3n) is 3.42. The Morgan fingerprint density at radius 3 is 2.04 bits per heavy atom. The van der Waals surface area contributed by atoms with Crippen LogP contribution >= 0.6 is 11.8 Å². The molecule has 0 amide bonds. The van der Waals surface area contributed by atoms with Gasteiger partial charge in [-0.3, -0.25) is 4.79 Å². The van der Waals surface area contributed by atoms with E-state index in [2.05, 4.69) is 9.47 Å². The third kappa shape index (κ3) is 5.10. The maximum Gasteiger partial charge on any atom is 0.338 e. The Morgan fingerprint density at radius 1 is 0.923 bits per heavy atom. The topological polar surface area (TPSA) is 78.9 Å². The van der Waals surface area contributed by atoms with E-state index in [0.29, 0.717) is 0 Å². The molecule has 0 aliphatic carbocycles. The van der Waals surface area contributed by atoms with Gasteiger partial charge in [0, 0.05) is 4.90 Å². The average molecular weight is 374 g/mol. The van der Waals surface area contributed by atoms with Crippen LogP contribution in [0, 0.1) is 6.92 Å². The zero-order chi connectivity index (χ0) is 19.1. The number of thioether (sulfide) groups is 1. The van der Waals surface area contributed by atoms with Gasteiger partial charge in [0.15, 0.2) is 0 Å². The molecule has 2 aromatic rings. The van der Waals surface area contributed by atoms with Crippen molar-refractivity contribution in [2.45, 2.75) is 11.8 Å². The molecule has 2 rings (SSSR count). The van der Waals surface area contributed by atoms with Crippen molar-refractivity contribution >= 4 is 29.7 Å². The number of methoxy groups -OCH3 is 2. The molecular formula is C19H18O6S. The molecule has 0 heterocycles. The first kappa shape index (κ1) is 19.5. The maximum atomic E-state index is 12.1. The van der Waals surface area contributed by atoms with E-state index >= 15 is 0 Å². The van der Waals surface area contributed by atoms with Gasteiger partial charge in [0.05, 0.1) is 31.1 Å². The van der Waals surface area contributed by atoms with Crippen LogP contribution in [0.3, 0.4) is 0 Å². The average Bonchev–Trinajstić information content (AvgIpc) is 2.65. The fourth-order valence-corrected chi connectivity index (χ4v) is 2.95. The maximum absolute atomic E-state index is 12.1. The van der Waals surface area contributed by atoms with Crippen LogP contribution in [-0.2, 0) is 14.3 Å². The summed E-state index contributed by atoms with van der Waals surface area (Å²) in [4.78, 5) is 36.6. The number of carbonyl (C=O) groups excluding carboxylic acids is 3. The lowest BCUT2D eigenvalue weighted by Crippen LogP contribution is -2.13. The number of ether oxygens (including phenoxy) is 3. The number of aryl methyl sites for hydroxylation is 1. The highest BCUT2D eigenvalue weighted by Crippen LogP contribution is 2.23. The summed E-state index contributed by atoms with van der Waals surface area (Å²) in [6.45, 7) is 1.95. The van der Waals surface area contributed by atoms with E-state index in [1.807, 2.05) is 31.2 Å². The van der Waals surface area contributed by atoms with Crippen LogP contribution in [0.1, 0.15) is 26.3 Å². The molecule has 2 aromatic carbocycles. The molecule has 6 nitrogen and oxygen atoms in total. The summed E-state index contributed by atoms with van der Waals surface area (Å²) in [6, 6.07) is 11.7. The molecule has 0 aromatic heterocycles. The van der Waals surface area contributed by atoms with Gasteiger partial charge in [-0.25, -0.2) is 9.59 Å². The molecule has 0 aliphatic rings. The highest BCUT2D eigenvalue weighted by molar-refractivity contribution is 8.00. The molecule has 0 bridgehead atoms. The summed E-state index contributed by atoms with van der Waals surface area (Å²) in [5.41, 5.74) is 1.24. The predicted octanol–water partition coefficient (Wildman–Crippen LogP) is 3.27. The summed E-state index contributed by atoms with van der Waals surface area (Å²) in [7, 11) is 2.44. The van der Waals surface area contributed by atoms with Crippen molar-refractivity contribution in [1.29, 1.82) is 0 Å². The second-order valence-corrected chi connectivity index (χ2v) is 6.27. The lowest BCUT2D eigenvalue weighted by Gasteiger charge is -2.09. The molecule has 0 N–H and O–H groups in total. The quantitative estimate of drug-likeness (QED) is 0.436. The molecule has 0 fully saturated rings. The molecule has 0 spiro atoms. The fraction of sp³-hybridized carbons (Fsp3) is 0.211. The lowest BCUT2D eigenvalue weighted by atomic mass is 10.1. The molecule has 0 unspecified atom stereocenters. The molecule has 136 valence electrons. The summed E-state index contributed by atoms with van der Waals surface area (Å²) < 4.78 is 14.6. The Hall–Kier alpha value is -2.80. The van der Waals surface area contributed by atoms with E-state index in [0.717, 1.165) is 10.5 Å². The van der Waals surface area contributed by atoms with Crippen molar-refractivity contribution in [3.05, 3.63) is 59.2 Å². The first-order chi connectivity index (χ1) is 12.4. The minimum absolute atomic E-state index is 0.0729. The van der Waals surface area contributed by atoms with Crippen molar-refractivity contribution in [2.75, 3.05) is 20.0 Å². The first-order valence-corrected chi connectivity index (χ1v) is 8.64. The van der Waals surface area contributed by atoms with E-state index in [1.165, 1.54) is 44.2 Å². The second kappa shape index (κ2) is 9.05. The minimum Gasteiger partial charge on any atom is -0.465 e. The number of rotatable bonds is 6. The SMILES string of the molecule is COC(=O)c1cc(OC(=O)CSc2ccccc2C)cc(C(=O)OC)c1. The standard InChI is InChI=1S/C19H18O6S/c1-12-6-4-5-7-16(12)26-11-17(20)25-15-9-13(18(21)23-2)8-14(10-15)19(22)24-3/h4-10H,11H2,1-3H3. The fourth-order valence-electron chi connectivity index (χ4n) is 2.15. The Bertz CT molecular complexity index is 796. The smallest absolute Gasteiger partial charge is 0.338 e. The van der Waals surface area contributed by atoms with Gasteiger partial charge in [0.1, 0.15) is 5.75 Å². The van der Waals surface area contributed by atoms with E-state index in [-0.39, 0.29) is 22.6 Å². The molecule has 0 saturated heterocycles. The molecule has 0 aliphatic heterocycles. The Morgan fingerprint density at radius 2 is 1.50 bits per heavy atom. The number of hydrogen-bond acceptors (Lipinski definition) is 7. The van der Waals surface area contributed by atoms with E-state index in [4.69, 9.17) is 4.74 Å². The van der Waals surface area contributed by atoms with Gasteiger partial charge >= 0.3 is 17.9 Å². The highest BCUT2D eigenvalue weighted by atomic mass is 32.2. The summed E-state index contributed by atoms with van der Waals surface area (Å²) in [5.74, 6) is -1.65. The molecular weight excluding hydrogens is 356 g/mol. The normalized spacial score (nSPS) is 10.1. The van der Waals surface area contributed by atoms with E-state index < -0.39 is 17.9 Å². The first-order valence-electron chi connectivity index (χ1n) is 7.65. The number of benzene rings is 2. The van der Waals surface area contributed by atoms with Gasteiger partial charge in [-0.1, -0.05) is 18.2 Å². The summed E-state index contributed by atoms with van der Waals surface area (Å²) in [5, 5.41) is 0. The van der Waals surface area contributed by atoms with E-state index in [9.17, 15) is 14.4 Å². The largest absolute Gasteiger partial charge is 0.465 e. The van der Waals surface area contributed by atoms with Crippen LogP contribution in [0.15, 0.2) is 47.4 Å². The zero-order valence-corrected chi connectivity index (χ0v) is 15.4. The van der Waals surface area contributed by atoms with Crippen LogP contribution < -0.4 is 4.74 Å². The lowest BCUT2D eigenvalue weighted by molar-refractivity contribution is -0.131. The molecule has 0 saturated carbocycles. The third-order valence-corrected chi connectivity index (χ3v) is 4.57. The molecule has 0 atom stereocenters. The second-order valence-electron chi connectivity index (χ2n) is 5.26. The van der Waals surface area contributed by atoms with Gasteiger partial charge in [0.25, 0.3) is 0 Å². The molecule has 7 heteroatoms. The van der Waals surface area contributed by atoms with Crippen LogP contribution in [0.4, 0.5) is 0 Å². The minimum atomic E-state index is -0.651. The van der Waals surface area contributed by atoms with E-state index in [1.54, 1.807) is 0 Å². The van der Waals surface area contributed by atoms with Crippen molar-refractivity contribution < 1.29 is 28.6 Å². The monoisotopic (exact) mass is 374 g/mol. The van der Waals surface area contributed by atoms with Gasteiger partial charge in [-0.05, 0) is 36.8 Å². The Balaban J connectivity index is 2.14. The van der Waals surface area contributed by atoms with Gasteiger partial charge < -0.3 is 14.2 Å². The van der Waals surface area contributed by atoms with Crippen molar-refractivity contribution in [3.8, 4) is 5.75 Å². The molecule has 0 radical (unpaired) electrons. The number of carbonyl (C=O) groups is 3. The Labute approximate surface area is 155 Å². The van der Waals surface area contributed by atoms with Crippen LogP contribution in [-0.4, -0.2) is 37.9 Å². The van der Waals surface area contributed by atoms with Crippen LogP contribution in [0.2, 0.25) is 0 Å². The summed E-state index contributed by atoms with van der Waals surface area (Å²) >= 11 is 1.35. The van der Waals surface area contributed by atoms with Crippen LogP contribution in [0.5, 0.6) is 5.75 Å². The van der Waals surface area contributed by atoms with Crippen molar-refractivity contribution in [2.24, 2.45) is 0 Å². The van der Waals surface area contributed by atoms with Crippen LogP contribution in [0.25, 0.3) is 0 Å². The number of esters is 3. The van der Waals surface area contributed by atoms with Crippen molar-refractivity contribution in [1.82, 2.24) is 0 Å². The van der Waals surface area contributed by atoms with Gasteiger partial charge in [-0.15, -0.1) is 11.8 Å². The predicted molar refractivity (Wildman–Crippen MR) is 96.7 cm³/mol. The molecule has 26 heavy (non-hydrogen) atoms. The zero-order valence-electron chi connectivity index (χ0n) is 14.6. The number of hydrogen-bond donors (Lipinski definition) is 0. The Kier molecular flexibility index (Phi) is 6.80. The van der Waals surface area contributed by atoms with Gasteiger partial charge in [0.2, 0.25) is 0 Å².